The predicted octanol–water partition coefficient (Wildman–Crippen LogP) is 6.91. The summed E-state index contributed by atoms with van der Waals surface area (Å²) in [4.78, 5) is 25.0. The molecule has 4 aromatic carbocycles. The molecule has 0 saturated carbocycles. The van der Waals surface area contributed by atoms with Crippen molar-refractivity contribution in [2.75, 3.05) is 19.0 Å². The molecule has 1 N–H and O–H groups in total. The molecule has 0 heterocycles. The summed E-state index contributed by atoms with van der Waals surface area (Å²) >= 11 is 0. The van der Waals surface area contributed by atoms with Gasteiger partial charge in [-0.3, -0.25) is 4.79 Å². The first-order valence-corrected chi connectivity index (χ1v) is 12.3. The van der Waals surface area contributed by atoms with Crippen molar-refractivity contribution in [3.8, 4) is 5.75 Å². The molecule has 5 nitrogen and oxygen atoms in total. The van der Waals surface area contributed by atoms with Gasteiger partial charge in [-0.2, -0.15) is 0 Å². The van der Waals surface area contributed by atoms with Gasteiger partial charge >= 0.3 is 5.97 Å². The van der Waals surface area contributed by atoms with Gasteiger partial charge in [0.15, 0.2) is 0 Å². The topological polar surface area (TPSA) is 64.6 Å². The summed E-state index contributed by atoms with van der Waals surface area (Å²) in [7, 11) is 1.64. The highest BCUT2D eigenvalue weighted by Gasteiger charge is 2.17. The number of ether oxygens (including phenoxy) is 2. The third kappa shape index (κ3) is 6.94. The highest BCUT2D eigenvalue weighted by Crippen LogP contribution is 2.26. The summed E-state index contributed by atoms with van der Waals surface area (Å²) in [6.45, 7) is 2.06. The number of halogens is 1. The number of carbonyl (C=O) groups is 2. The van der Waals surface area contributed by atoms with Gasteiger partial charge in [-0.05, 0) is 83.8 Å². The van der Waals surface area contributed by atoms with E-state index in [0.29, 0.717) is 30.6 Å². The first-order valence-electron chi connectivity index (χ1n) is 12.3. The van der Waals surface area contributed by atoms with Crippen LogP contribution in [0.2, 0.25) is 0 Å². The van der Waals surface area contributed by atoms with Crippen LogP contribution in [-0.4, -0.2) is 25.5 Å². The van der Waals surface area contributed by atoms with Crippen molar-refractivity contribution < 1.29 is 23.5 Å². The van der Waals surface area contributed by atoms with Gasteiger partial charge in [0.1, 0.15) is 17.3 Å². The fourth-order valence-corrected chi connectivity index (χ4v) is 4.26. The molecule has 0 bridgehead atoms. The SMILES string of the molecule is CCOC(=O)c1ccc(NC(CC(=O)CCc2ccc3cc(OC)ccc3c2)c2cccc(F)c2)cc1. The average molecular weight is 500 g/mol. The number of hydrogen-bond acceptors (Lipinski definition) is 5. The van der Waals surface area contributed by atoms with E-state index in [-0.39, 0.29) is 18.0 Å². The summed E-state index contributed by atoms with van der Waals surface area (Å²) in [5.41, 5.74) is 2.93. The molecule has 0 aliphatic heterocycles. The van der Waals surface area contributed by atoms with E-state index in [2.05, 4.69) is 11.4 Å². The van der Waals surface area contributed by atoms with Crippen LogP contribution in [0.1, 0.15) is 47.3 Å². The molecule has 0 amide bonds. The highest BCUT2D eigenvalue weighted by atomic mass is 19.1. The van der Waals surface area contributed by atoms with Crippen molar-refractivity contribution in [2.45, 2.75) is 32.2 Å². The minimum Gasteiger partial charge on any atom is -0.497 e. The number of ketones is 1. The summed E-state index contributed by atoms with van der Waals surface area (Å²) in [5, 5.41) is 5.51. The first kappa shape index (κ1) is 25.9. The normalized spacial score (nSPS) is 11.6. The highest BCUT2D eigenvalue weighted by molar-refractivity contribution is 5.90. The lowest BCUT2D eigenvalue weighted by molar-refractivity contribution is -0.119. The van der Waals surface area contributed by atoms with Crippen LogP contribution >= 0.6 is 0 Å². The number of anilines is 1. The van der Waals surface area contributed by atoms with E-state index in [4.69, 9.17) is 9.47 Å². The lowest BCUT2D eigenvalue weighted by Crippen LogP contribution is -2.16. The minimum absolute atomic E-state index is 0.0692. The molecule has 190 valence electrons. The zero-order valence-electron chi connectivity index (χ0n) is 21.0. The Hall–Kier alpha value is -4.19. The molecular weight excluding hydrogens is 469 g/mol. The molecule has 0 spiro atoms. The second kappa shape index (κ2) is 12.2. The van der Waals surface area contributed by atoms with E-state index >= 15 is 0 Å². The molecular formula is C31H30FNO4. The van der Waals surface area contributed by atoms with Gasteiger partial charge in [0, 0.05) is 18.5 Å². The number of esters is 1. The van der Waals surface area contributed by atoms with Crippen LogP contribution in [0.15, 0.2) is 84.9 Å². The molecule has 0 fully saturated rings. The monoisotopic (exact) mass is 499 g/mol. The van der Waals surface area contributed by atoms with Crippen molar-refractivity contribution >= 4 is 28.2 Å². The lowest BCUT2D eigenvalue weighted by atomic mass is 9.97. The molecule has 0 aromatic heterocycles. The fraction of sp³-hybridized carbons (Fsp3) is 0.226. The van der Waals surface area contributed by atoms with Crippen LogP contribution in [0.25, 0.3) is 10.8 Å². The number of carbonyl (C=O) groups excluding carboxylic acids is 2. The van der Waals surface area contributed by atoms with E-state index < -0.39 is 12.0 Å². The Labute approximate surface area is 216 Å². The summed E-state index contributed by atoms with van der Waals surface area (Å²) in [5.74, 6) is 0.127. The Bertz CT molecular complexity index is 1380. The number of hydrogen-bond donors (Lipinski definition) is 1. The largest absolute Gasteiger partial charge is 0.497 e. The zero-order chi connectivity index (χ0) is 26.2. The van der Waals surface area contributed by atoms with E-state index in [1.54, 1.807) is 50.4 Å². The molecule has 1 atom stereocenters. The lowest BCUT2D eigenvalue weighted by Gasteiger charge is -2.20. The number of methoxy groups -OCH3 is 1. The summed E-state index contributed by atoms with van der Waals surface area (Å²) in [6, 6.07) is 24.8. The molecule has 6 heteroatoms. The molecule has 0 aliphatic carbocycles. The second-order valence-electron chi connectivity index (χ2n) is 8.84. The smallest absolute Gasteiger partial charge is 0.338 e. The number of nitrogens with one attached hydrogen (secondary N) is 1. The molecule has 4 rings (SSSR count). The predicted molar refractivity (Wildman–Crippen MR) is 144 cm³/mol. The number of Topliss-reactive ketones (excluding diaryl/α,β-unsaturated/α-hetero) is 1. The number of fused-ring (bicyclic) bond motifs is 1. The minimum atomic E-state index is -0.416. The Balaban J connectivity index is 1.44. The van der Waals surface area contributed by atoms with Gasteiger partial charge < -0.3 is 14.8 Å². The van der Waals surface area contributed by atoms with Gasteiger partial charge in [-0.25, -0.2) is 9.18 Å². The molecule has 0 saturated heterocycles. The molecule has 0 radical (unpaired) electrons. The Morgan fingerprint density at radius 1 is 0.919 bits per heavy atom. The van der Waals surface area contributed by atoms with Crippen molar-refractivity contribution in [2.24, 2.45) is 0 Å². The quantitative estimate of drug-likeness (QED) is 0.227. The van der Waals surface area contributed by atoms with Gasteiger partial charge in [0.2, 0.25) is 0 Å². The van der Waals surface area contributed by atoms with Crippen molar-refractivity contribution in [1.29, 1.82) is 0 Å². The van der Waals surface area contributed by atoms with E-state index in [0.717, 1.165) is 27.8 Å². The number of aryl methyl sites for hydroxylation is 1. The maximum Gasteiger partial charge on any atom is 0.338 e. The zero-order valence-corrected chi connectivity index (χ0v) is 21.0. The maximum absolute atomic E-state index is 14.0. The van der Waals surface area contributed by atoms with E-state index in [1.165, 1.54) is 12.1 Å². The standard InChI is InChI=1S/C31H30FNO4/c1-3-37-31(35)22-10-13-27(14-11-22)33-30(25-5-4-6-26(32)18-25)20-28(34)15-8-21-7-9-24-19-29(36-2)16-12-23(24)17-21/h4-7,9-14,16-19,30,33H,3,8,15,20H2,1-2H3. The second-order valence-corrected chi connectivity index (χ2v) is 8.84. The van der Waals surface area contributed by atoms with Crippen LogP contribution in [-0.2, 0) is 16.0 Å². The van der Waals surface area contributed by atoms with Gasteiger partial charge in [-0.1, -0.05) is 36.4 Å². The Kier molecular flexibility index (Phi) is 8.52. The third-order valence-electron chi connectivity index (χ3n) is 6.22. The number of rotatable bonds is 11. The van der Waals surface area contributed by atoms with Crippen molar-refractivity contribution in [3.05, 3.63) is 107 Å². The van der Waals surface area contributed by atoms with Crippen LogP contribution in [0.3, 0.4) is 0 Å². The van der Waals surface area contributed by atoms with E-state index in [1.807, 2.05) is 30.3 Å². The van der Waals surface area contributed by atoms with E-state index in [9.17, 15) is 14.0 Å². The molecule has 0 aliphatic rings. The van der Waals surface area contributed by atoms with Crippen molar-refractivity contribution in [3.63, 3.8) is 0 Å². The average Bonchev–Trinajstić information content (AvgIpc) is 2.91. The van der Waals surface area contributed by atoms with Gasteiger partial charge in [0.25, 0.3) is 0 Å². The fourth-order valence-electron chi connectivity index (χ4n) is 4.26. The van der Waals surface area contributed by atoms with Crippen molar-refractivity contribution in [1.82, 2.24) is 0 Å². The molecule has 37 heavy (non-hydrogen) atoms. The molecule has 4 aromatic rings. The maximum atomic E-state index is 14.0. The molecule has 1 unspecified atom stereocenters. The van der Waals surface area contributed by atoms with Crippen LogP contribution in [0, 0.1) is 5.82 Å². The van der Waals surface area contributed by atoms with Gasteiger partial charge in [0.05, 0.1) is 25.3 Å². The third-order valence-corrected chi connectivity index (χ3v) is 6.22. The van der Waals surface area contributed by atoms with Crippen LogP contribution < -0.4 is 10.1 Å². The van der Waals surface area contributed by atoms with Crippen LogP contribution in [0.4, 0.5) is 10.1 Å². The van der Waals surface area contributed by atoms with Crippen LogP contribution in [0.5, 0.6) is 5.75 Å². The van der Waals surface area contributed by atoms with Gasteiger partial charge in [-0.15, -0.1) is 0 Å². The number of benzene rings is 4. The Morgan fingerprint density at radius 3 is 2.41 bits per heavy atom. The first-order chi connectivity index (χ1) is 17.9. The summed E-state index contributed by atoms with van der Waals surface area (Å²) < 4.78 is 24.3. The summed E-state index contributed by atoms with van der Waals surface area (Å²) in [6.07, 6.45) is 1.19. The Morgan fingerprint density at radius 2 is 1.68 bits per heavy atom.